The lowest BCUT2D eigenvalue weighted by Crippen LogP contribution is -2.50. The van der Waals surface area contributed by atoms with Crippen LogP contribution in [-0.2, 0) is 16.0 Å². The summed E-state index contributed by atoms with van der Waals surface area (Å²) in [4.78, 5) is 26.4. The Labute approximate surface area is 117 Å². The molecular weight excluding hydrogens is 262 g/mol. The van der Waals surface area contributed by atoms with Crippen LogP contribution in [0.2, 0.25) is 0 Å². The van der Waals surface area contributed by atoms with Gasteiger partial charge in [0.1, 0.15) is 6.04 Å². The van der Waals surface area contributed by atoms with Crippen molar-refractivity contribution in [3.63, 3.8) is 0 Å². The molecule has 2 unspecified atom stereocenters. The highest BCUT2D eigenvalue weighted by Gasteiger charge is 2.33. The van der Waals surface area contributed by atoms with Gasteiger partial charge in [0.15, 0.2) is 0 Å². The van der Waals surface area contributed by atoms with Crippen LogP contribution in [0.5, 0.6) is 0 Å². The number of aliphatic carboxylic acids is 1. The molecule has 1 aliphatic heterocycles. The lowest BCUT2D eigenvalue weighted by molar-refractivity contribution is -0.153. The number of thiophene rings is 1. The lowest BCUT2D eigenvalue weighted by Gasteiger charge is -2.34. The third-order valence-corrected chi connectivity index (χ3v) is 4.48. The fourth-order valence-corrected chi connectivity index (χ4v) is 3.39. The second-order valence-electron chi connectivity index (χ2n) is 5.07. The minimum Gasteiger partial charge on any atom is -0.480 e. The van der Waals surface area contributed by atoms with E-state index in [0.717, 1.165) is 12.8 Å². The third kappa shape index (κ3) is 3.35. The van der Waals surface area contributed by atoms with Crippen molar-refractivity contribution in [3.05, 3.63) is 22.4 Å². The van der Waals surface area contributed by atoms with E-state index in [1.807, 2.05) is 24.4 Å². The summed E-state index contributed by atoms with van der Waals surface area (Å²) in [5, 5.41) is 11.2. The summed E-state index contributed by atoms with van der Waals surface area (Å²) in [5.74, 6) is -1.06. The Bertz CT molecular complexity index is 444. The van der Waals surface area contributed by atoms with Crippen molar-refractivity contribution in [1.82, 2.24) is 4.90 Å². The van der Waals surface area contributed by atoms with Crippen LogP contribution in [-0.4, -0.2) is 34.5 Å². The second-order valence-corrected chi connectivity index (χ2v) is 6.10. The summed E-state index contributed by atoms with van der Waals surface area (Å²) in [5.41, 5.74) is 0. The molecular formula is C14H19NO3S. The number of rotatable bonds is 4. The van der Waals surface area contributed by atoms with E-state index in [2.05, 4.69) is 0 Å². The van der Waals surface area contributed by atoms with Crippen LogP contribution in [0.25, 0.3) is 0 Å². The summed E-state index contributed by atoms with van der Waals surface area (Å²) >= 11 is 1.64. The van der Waals surface area contributed by atoms with Crippen LogP contribution < -0.4 is 0 Å². The normalized spacial score (nSPS) is 21.1. The first kappa shape index (κ1) is 14.1. The molecule has 2 heterocycles. The standard InChI is InChI=1S/C14H19NO3S/c1-10(9-11-5-4-8-19-11)13(16)15-7-3-2-6-12(15)14(17)18/h4-5,8,10,12H,2-3,6-7,9H2,1H3,(H,17,18). The Morgan fingerprint density at radius 2 is 2.32 bits per heavy atom. The van der Waals surface area contributed by atoms with Gasteiger partial charge < -0.3 is 10.0 Å². The zero-order chi connectivity index (χ0) is 13.8. The predicted molar refractivity (Wildman–Crippen MR) is 74.2 cm³/mol. The van der Waals surface area contributed by atoms with Gasteiger partial charge in [0.25, 0.3) is 0 Å². The first-order chi connectivity index (χ1) is 9.09. The van der Waals surface area contributed by atoms with Crippen molar-refractivity contribution in [3.8, 4) is 0 Å². The van der Waals surface area contributed by atoms with Crippen molar-refractivity contribution in [2.45, 2.75) is 38.6 Å². The Hall–Kier alpha value is -1.36. The maximum atomic E-state index is 12.4. The minimum absolute atomic E-state index is 0.0273. The molecule has 2 rings (SSSR count). The van der Waals surface area contributed by atoms with Gasteiger partial charge in [-0.05, 0) is 37.1 Å². The van der Waals surface area contributed by atoms with Gasteiger partial charge in [-0.2, -0.15) is 0 Å². The molecule has 1 aromatic heterocycles. The minimum atomic E-state index is -0.878. The summed E-state index contributed by atoms with van der Waals surface area (Å²) < 4.78 is 0. The Balaban J connectivity index is 2.02. The van der Waals surface area contributed by atoms with Crippen LogP contribution in [0.1, 0.15) is 31.1 Å². The fourth-order valence-electron chi connectivity index (χ4n) is 2.55. The third-order valence-electron chi connectivity index (χ3n) is 3.58. The molecule has 1 N–H and O–H groups in total. The van der Waals surface area contributed by atoms with Gasteiger partial charge in [-0.1, -0.05) is 13.0 Å². The molecule has 1 aliphatic rings. The number of amides is 1. The number of carbonyl (C=O) groups excluding carboxylic acids is 1. The van der Waals surface area contributed by atoms with E-state index >= 15 is 0 Å². The van der Waals surface area contributed by atoms with Crippen LogP contribution in [0.3, 0.4) is 0 Å². The molecule has 0 aliphatic carbocycles. The number of likely N-dealkylation sites (tertiary alicyclic amines) is 1. The summed E-state index contributed by atoms with van der Waals surface area (Å²) in [7, 11) is 0. The van der Waals surface area contributed by atoms with E-state index in [1.54, 1.807) is 16.2 Å². The number of nitrogens with zero attached hydrogens (tertiary/aromatic N) is 1. The molecule has 4 nitrogen and oxygen atoms in total. The van der Waals surface area contributed by atoms with Gasteiger partial charge in [0, 0.05) is 17.3 Å². The van der Waals surface area contributed by atoms with Crippen LogP contribution in [0, 0.1) is 5.92 Å². The van der Waals surface area contributed by atoms with E-state index in [-0.39, 0.29) is 11.8 Å². The molecule has 1 aromatic rings. The summed E-state index contributed by atoms with van der Waals surface area (Å²) in [6.45, 7) is 2.46. The quantitative estimate of drug-likeness (QED) is 0.922. The SMILES string of the molecule is CC(Cc1cccs1)C(=O)N1CCCCC1C(=O)O. The average Bonchev–Trinajstić information content (AvgIpc) is 2.90. The van der Waals surface area contributed by atoms with Crippen molar-refractivity contribution in [1.29, 1.82) is 0 Å². The fraction of sp³-hybridized carbons (Fsp3) is 0.571. The summed E-state index contributed by atoms with van der Waals surface area (Å²) in [6.07, 6.45) is 3.06. The number of carboxylic acid groups (broad SMARTS) is 1. The Morgan fingerprint density at radius 3 is 2.95 bits per heavy atom. The molecule has 0 saturated carbocycles. The Kier molecular flexibility index (Phi) is 4.58. The topological polar surface area (TPSA) is 57.6 Å². The number of hydrogen-bond acceptors (Lipinski definition) is 3. The molecule has 0 radical (unpaired) electrons. The molecule has 0 aromatic carbocycles. The monoisotopic (exact) mass is 281 g/mol. The molecule has 0 bridgehead atoms. The number of carbonyl (C=O) groups is 2. The number of hydrogen-bond donors (Lipinski definition) is 1. The molecule has 104 valence electrons. The Morgan fingerprint density at radius 1 is 1.53 bits per heavy atom. The van der Waals surface area contributed by atoms with Crippen molar-refractivity contribution in [2.24, 2.45) is 5.92 Å². The van der Waals surface area contributed by atoms with Gasteiger partial charge in [-0.15, -0.1) is 11.3 Å². The van der Waals surface area contributed by atoms with E-state index in [1.165, 1.54) is 4.88 Å². The van der Waals surface area contributed by atoms with Crippen molar-refractivity contribution >= 4 is 23.2 Å². The maximum absolute atomic E-state index is 12.4. The van der Waals surface area contributed by atoms with E-state index in [9.17, 15) is 14.7 Å². The van der Waals surface area contributed by atoms with Crippen LogP contribution in [0.15, 0.2) is 17.5 Å². The zero-order valence-corrected chi connectivity index (χ0v) is 11.9. The smallest absolute Gasteiger partial charge is 0.326 e. The average molecular weight is 281 g/mol. The van der Waals surface area contributed by atoms with E-state index in [0.29, 0.717) is 19.4 Å². The first-order valence-electron chi connectivity index (χ1n) is 6.65. The number of carboxylic acids is 1. The molecule has 2 atom stereocenters. The van der Waals surface area contributed by atoms with Gasteiger partial charge >= 0.3 is 5.97 Å². The highest BCUT2D eigenvalue weighted by Crippen LogP contribution is 2.22. The van der Waals surface area contributed by atoms with Gasteiger partial charge in [-0.25, -0.2) is 4.79 Å². The van der Waals surface area contributed by atoms with Gasteiger partial charge in [-0.3, -0.25) is 4.79 Å². The molecule has 5 heteroatoms. The predicted octanol–water partition coefficient (Wildman–Crippen LogP) is 2.39. The van der Waals surface area contributed by atoms with Crippen molar-refractivity contribution < 1.29 is 14.7 Å². The van der Waals surface area contributed by atoms with E-state index < -0.39 is 12.0 Å². The molecule has 1 fully saturated rings. The largest absolute Gasteiger partial charge is 0.480 e. The molecule has 0 spiro atoms. The second kappa shape index (κ2) is 6.19. The maximum Gasteiger partial charge on any atom is 0.326 e. The molecule has 1 amide bonds. The molecule has 19 heavy (non-hydrogen) atoms. The lowest BCUT2D eigenvalue weighted by atomic mass is 9.98. The first-order valence-corrected chi connectivity index (χ1v) is 7.53. The number of piperidine rings is 1. The van der Waals surface area contributed by atoms with Crippen LogP contribution in [0.4, 0.5) is 0 Å². The van der Waals surface area contributed by atoms with Gasteiger partial charge in [0.2, 0.25) is 5.91 Å². The van der Waals surface area contributed by atoms with Crippen molar-refractivity contribution in [2.75, 3.05) is 6.54 Å². The molecule has 1 saturated heterocycles. The summed E-state index contributed by atoms with van der Waals surface area (Å²) in [6, 6.07) is 3.35. The highest BCUT2D eigenvalue weighted by molar-refractivity contribution is 7.09. The highest BCUT2D eigenvalue weighted by atomic mass is 32.1. The zero-order valence-electron chi connectivity index (χ0n) is 11.0. The van der Waals surface area contributed by atoms with E-state index in [4.69, 9.17) is 0 Å². The van der Waals surface area contributed by atoms with Crippen LogP contribution >= 0.6 is 11.3 Å². The van der Waals surface area contributed by atoms with Gasteiger partial charge in [0.05, 0.1) is 0 Å².